The van der Waals surface area contributed by atoms with Gasteiger partial charge in [-0.05, 0) is 18.8 Å². The van der Waals surface area contributed by atoms with Gasteiger partial charge in [-0.15, -0.1) is 0 Å². The van der Waals surface area contributed by atoms with Crippen LogP contribution in [0.25, 0.3) is 0 Å². The Balaban J connectivity index is 2.58. The van der Waals surface area contributed by atoms with Gasteiger partial charge >= 0.3 is 0 Å². The van der Waals surface area contributed by atoms with Gasteiger partial charge in [0.15, 0.2) is 0 Å². The van der Waals surface area contributed by atoms with E-state index in [1.54, 1.807) is 0 Å². The highest BCUT2D eigenvalue weighted by Gasteiger charge is 2.25. The van der Waals surface area contributed by atoms with Crippen LogP contribution in [-0.4, -0.2) is 20.7 Å². The van der Waals surface area contributed by atoms with Crippen LogP contribution in [0.3, 0.4) is 0 Å². The molecular formula is C9H16N2O2S. The van der Waals surface area contributed by atoms with Gasteiger partial charge in [-0.2, -0.15) is 9.98 Å². The first-order chi connectivity index (χ1) is 6.53. The highest BCUT2D eigenvalue weighted by Crippen LogP contribution is 2.26. The molecule has 1 unspecified atom stereocenters. The second kappa shape index (κ2) is 4.76. The molecule has 0 aromatic carbocycles. The summed E-state index contributed by atoms with van der Waals surface area (Å²) in [5.41, 5.74) is 0. The SMILES string of the molecule is CS(=O)(=O)NC(C#N)C1CCCCC1. The molecule has 0 saturated heterocycles. The molecule has 0 amide bonds. The molecular weight excluding hydrogens is 200 g/mol. The normalized spacial score (nSPS) is 21.4. The van der Waals surface area contributed by atoms with Crippen LogP contribution in [0.5, 0.6) is 0 Å². The Bertz CT molecular complexity index is 312. The molecule has 1 aliphatic rings. The lowest BCUT2D eigenvalue weighted by atomic mass is 9.85. The number of hydrogen-bond acceptors (Lipinski definition) is 3. The average Bonchev–Trinajstić information content (AvgIpc) is 2.14. The summed E-state index contributed by atoms with van der Waals surface area (Å²) in [5, 5.41) is 8.86. The summed E-state index contributed by atoms with van der Waals surface area (Å²) in [7, 11) is -3.26. The van der Waals surface area contributed by atoms with E-state index in [9.17, 15) is 8.42 Å². The largest absolute Gasteiger partial charge is 0.213 e. The van der Waals surface area contributed by atoms with E-state index >= 15 is 0 Å². The van der Waals surface area contributed by atoms with Crippen molar-refractivity contribution in [1.29, 1.82) is 5.26 Å². The molecule has 14 heavy (non-hydrogen) atoms. The molecule has 0 aliphatic heterocycles. The zero-order chi connectivity index (χ0) is 10.6. The summed E-state index contributed by atoms with van der Waals surface area (Å²) in [6.45, 7) is 0. The van der Waals surface area contributed by atoms with Gasteiger partial charge in [0, 0.05) is 0 Å². The molecule has 0 radical (unpaired) electrons. The number of rotatable bonds is 3. The van der Waals surface area contributed by atoms with Crippen LogP contribution in [0, 0.1) is 17.2 Å². The second-order valence-electron chi connectivity index (χ2n) is 3.89. The third-order valence-corrected chi connectivity index (χ3v) is 3.28. The maximum atomic E-state index is 11.0. The molecule has 4 nitrogen and oxygen atoms in total. The minimum absolute atomic E-state index is 0.198. The summed E-state index contributed by atoms with van der Waals surface area (Å²) >= 11 is 0. The lowest BCUT2D eigenvalue weighted by Gasteiger charge is -2.25. The molecule has 5 heteroatoms. The number of nitriles is 1. The highest BCUT2D eigenvalue weighted by molar-refractivity contribution is 7.88. The van der Waals surface area contributed by atoms with E-state index in [-0.39, 0.29) is 5.92 Å². The summed E-state index contributed by atoms with van der Waals surface area (Å²) in [6.07, 6.45) is 6.43. The molecule has 1 atom stereocenters. The maximum absolute atomic E-state index is 11.0. The second-order valence-corrected chi connectivity index (χ2v) is 5.67. The summed E-state index contributed by atoms with van der Waals surface area (Å²) in [6, 6.07) is 1.50. The van der Waals surface area contributed by atoms with Gasteiger partial charge < -0.3 is 0 Å². The number of sulfonamides is 1. The molecule has 0 bridgehead atoms. The van der Waals surface area contributed by atoms with Crippen molar-refractivity contribution in [3.63, 3.8) is 0 Å². The Kier molecular flexibility index (Phi) is 3.90. The molecule has 0 spiro atoms. The molecule has 0 aromatic rings. The van der Waals surface area contributed by atoms with Crippen molar-refractivity contribution in [2.45, 2.75) is 38.1 Å². The molecule has 80 valence electrons. The van der Waals surface area contributed by atoms with Gasteiger partial charge in [-0.3, -0.25) is 0 Å². The van der Waals surface area contributed by atoms with Crippen LogP contribution in [0.1, 0.15) is 32.1 Å². The number of nitrogens with zero attached hydrogens (tertiary/aromatic N) is 1. The van der Waals surface area contributed by atoms with E-state index in [0.29, 0.717) is 0 Å². The van der Waals surface area contributed by atoms with E-state index < -0.39 is 16.1 Å². The van der Waals surface area contributed by atoms with E-state index in [0.717, 1.165) is 31.9 Å². The number of nitrogens with one attached hydrogen (secondary N) is 1. The zero-order valence-electron chi connectivity index (χ0n) is 8.36. The standard InChI is InChI=1S/C9H16N2O2S/c1-14(12,13)11-9(7-10)8-5-3-2-4-6-8/h8-9,11H,2-6H2,1H3. The minimum Gasteiger partial charge on any atom is -0.213 e. The van der Waals surface area contributed by atoms with Gasteiger partial charge in [0.2, 0.25) is 10.0 Å². The minimum atomic E-state index is -3.26. The van der Waals surface area contributed by atoms with Crippen LogP contribution in [0.2, 0.25) is 0 Å². The van der Waals surface area contributed by atoms with Gasteiger partial charge in [0.05, 0.1) is 12.3 Å². The fourth-order valence-corrected chi connectivity index (χ4v) is 2.63. The van der Waals surface area contributed by atoms with Crippen LogP contribution in [0.4, 0.5) is 0 Å². The van der Waals surface area contributed by atoms with Crippen LogP contribution >= 0.6 is 0 Å². The summed E-state index contributed by atoms with van der Waals surface area (Å²) in [5.74, 6) is 0.198. The predicted molar refractivity (Wildman–Crippen MR) is 54.0 cm³/mol. The highest BCUT2D eigenvalue weighted by atomic mass is 32.2. The van der Waals surface area contributed by atoms with Gasteiger partial charge in [-0.1, -0.05) is 19.3 Å². The molecule has 0 heterocycles. The van der Waals surface area contributed by atoms with Crippen molar-refractivity contribution in [1.82, 2.24) is 4.72 Å². The molecule has 1 N–H and O–H groups in total. The summed E-state index contributed by atoms with van der Waals surface area (Å²) < 4.78 is 24.3. The fourth-order valence-electron chi connectivity index (χ4n) is 1.93. The van der Waals surface area contributed by atoms with Gasteiger partial charge in [0.25, 0.3) is 0 Å². The topological polar surface area (TPSA) is 70.0 Å². The Labute approximate surface area is 85.4 Å². The van der Waals surface area contributed by atoms with Crippen molar-refractivity contribution < 1.29 is 8.42 Å². The van der Waals surface area contributed by atoms with Crippen molar-refractivity contribution in [2.75, 3.05) is 6.26 Å². The zero-order valence-corrected chi connectivity index (χ0v) is 9.18. The van der Waals surface area contributed by atoms with E-state index in [1.165, 1.54) is 6.42 Å². The maximum Gasteiger partial charge on any atom is 0.209 e. The third-order valence-electron chi connectivity index (χ3n) is 2.60. The quantitative estimate of drug-likeness (QED) is 0.765. The molecule has 1 fully saturated rings. The van der Waals surface area contributed by atoms with Crippen molar-refractivity contribution in [3.8, 4) is 6.07 Å². The average molecular weight is 216 g/mol. The Morgan fingerprint density at radius 2 is 1.93 bits per heavy atom. The molecule has 0 aromatic heterocycles. The lowest BCUT2D eigenvalue weighted by Crippen LogP contribution is -2.39. The summed E-state index contributed by atoms with van der Waals surface area (Å²) in [4.78, 5) is 0. The smallest absolute Gasteiger partial charge is 0.209 e. The van der Waals surface area contributed by atoms with Crippen LogP contribution in [0.15, 0.2) is 0 Å². The Morgan fingerprint density at radius 1 is 1.36 bits per heavy atom. The first kappa shape index (κ1) is 11.5. The Hall–Kier alpha value is -0.600. The molecule has 1 aliphatic carbocycles. The van der Waals surface area contributed by atoms with Crippen LogP contribution < -0.4 is 4.72 Å². The molecule has 1 rings (SSSR count). The van der Waals surface area contributed by atoms with E-state index in [1.807, 2.05) is 6.07 Å². The first-order valence-corrected chi connectivity index (χ1v) is 6.79. The monoisotopic (exact) mass is 216 g/mol. The number of hydrogen-bond donors (Lipinski definition) is 1. The van der Waals surface area contributed by atoms with E-state index in [2.05, 4.69) is 4.72 Å². The molecule has 1 saturated carbocycles. The van der Waals surface area contributed by atoms with Gasteiger partial charge in [0.1, 0.15) is 6.04 Å². The first-order valence-electron chi connectivity index (χ1n) is 4.90. The lowest BCUT2D eigenvalue weighted by molar-refractivity contribution is 0.324. The third kappa shape index (κ3) is 3.64. The van der Waals surface area contributed by atoms with Crippen molar-refractivity contribution >= 4 is 10.0 Å². The Morgan fingerprint density at radius 3 is 2.36 bits per heavy atom. The predicted octanol–water partition coefficient (Wildman–Crippen LogP) is 1.01. The van der Waals surface area contributed by atoms with Crippen LogP contribution in [-0.2, 0) is 10.0 Å². The van der Waals surface area contributed by atoms with Crippen molar-refractivity contribution in [2.24, 2.45) is 5.92 Å². The fraction of sp³-hybridized carbons (Fsp3) is 0.889. The van der Waals surface area contributed by atoms with Gasteiger partial charge in [-0.25, -0.2) is 8.42 Å². The van der Waals surface area contributed by atoms with Crippen molar-refractivity contribution in [3.05, 3.63) is 0 Å². The van der Waals surface area contributed by atoms with E-state index in [4.69, 9.17) is 5.26 Å².